The number of hydrazine groups is 1. The lowest BCUT2D eigenvalue weighted by molar-refractivity contribution is 0.454. The predicted molar refractivity (Wildman–Crippen MR) is 88.5 cm³/mol. The molecule has 21 heavy (non-hydrogen) atoms. The van der Waals surface area contributed by atoms with Crippen molar-refractivity contribution in [1.29, 1.82) is 0 Å². The Kier molecular flexibility index (Phi) is 6.02. The van der Waals surface area contributed by atoms with Crippen LogP contribution in [0.15, 0.2) is 60.7 Å². The molecule has 0 amide bonds. The van der Waals surface area contributed by atoms with Crippen LogP contribution in [-0.2, 0) is 0 Å². The van der Waals surface area contributed by atoms with Gasteiger partial charge in [0, 0.05) is 18.4 Å². The molecule has 0 aromatic heterocycles. The average molecular weight is 278 g/mol. The van der Waals surface area contributed by atoms with E-state index in [-0.39, 0.29) is 12.0 Å². The van der Waals surface area contributed by atoms with Crippen LogP contribution in [0.2, 0.25) is 0 Å². The molecule has 0 saturated carbocycles. The van der Waals surface area contributed by atoms with Gasteiger partial charge in [0.1, 0.15) is 0 Å². The van der Waals surface area contributed by atoms with Gasteiger partial charge in [-0.05, 0) is 24.5 Å². The van der Waals surface area contributed by atoms with E-state index in [4.69, 9.17) is 5.84 Å². The number of hydrogen-bond acceptors (Lipinski definition) is 2. The second-order valence-electron chi connectivity index (χ2n) is 5.04. The first-order valence-electron chi connectivity index (χ1n) is 7.32. The van der Waals surface area contributed by atoms with E-state index < -0.39 is 0 Å². The van der Waals surface area contributed by atoms with E-state index in [0.29, 0.717) is 0 Å². The van der Waals surface area contributed by atoms with Crippen LogP contribution >= 0.6 is 0 Å². The van der Waals surface area contributed by atoms with Gasteiger partial charge in [-0.25, -0.2) is 0 Å². The molecule has 0 radical (unpaired) electrons. The molecule has 0 aliphatic carbocycles. The standard InChI is InChI=1S/C19H22N2/c1-2-3-6-15-18(21-20)19(16-11-7-4-8-12-16)17-13-9-5-10-14-17/h4-5,7-14,18-19,21H,6,15,20H2,1H3. The molecule has 108 valence electrons. The predicted octanol–water partition coefficient (Wildman–Crippen LogP) is 3.45. The fourth-order valence-corrected chi connectivity index (χ4v) is 2.68. The molecule has 2 heteroatoms. The minimum absolute atomic E-state index is 0.163. The molecule has 0 aliphatic rings. The summed E-state index contributed by atoms with van der Waals surface area (Å²) < 4.78 is 0. The van der Waals surface area contributed by atoms with Crippen molar-refractivity contribution in [3.63, 3.8) is 0 Å². The molecule has 0 bridgehead atoms. The summed E-state index contributed by atoms with van der Waals surface area (Å²) in [6, 6.07) is 21.2. The minimum atomic E-state index is 0.163. The lowest BCUT2D eigenvalue weighted by Crippen LogP contribution is -2.40. The molecular weight excluding hydrogens is 256 g/mol. The summed E-state index contributed by atoms with van der Waals surface area (Å²) in [6.07, 6.45) is 1.77. The number of rotatable bonds is 6. The average Bonchev–Trinajstić information content (AvgIpc) is 2.56. The first-order valence-corrected chi connectivity index (χ1v) is 7.32. The number of hydrogen-bond donors (Lipinski definition) is 2. The van der Waals surface area contributed by atoms with Crippen molar-refractivity contribution in [2.24, 2.45) is 5.84 Å². The van der Waals surface area contributed by atoms with E-state index >= 15 is 0 Å². The zero-order valence-electron chi connectivity index (χ0n) is 12.4. The first kappa shape index (κ1) is 15.3. The summed E-state index contributed by atoms with van der Waals surface area (Å²) in [5.74, 6) is 12.1. The van der Waals surface area contributed by atoms with Gasteiger partial charge in [0.05, 0.1) is 0 Å². The van der Waals surface area contributed by atoms with E-state index in [0.717, 1.165) is 12.8 Å². The minimum Gasteiger partial charge on any atom is -0.271 e. The van der Waals surface area contributed by atoms with E-state index in [1.807, 2.05) is 19.1 Å². The van der Waals surface area contributed by atoms with Gasteiger partial charge in [0.2, 0.25) is 0 Å². The van der Waals surface area contributed by atoms with Crippen molar-refractivity contribution in [2.45, 2.75) is 31.7 Å². The van der Waals surface area contributed by atoms with Crippen LogP contribution in [0.1, 0.15) is 36.8 Å². The number of nitrogens with one attached hydrogen (secondary N) is 1. The fourth-order valence-electron chi connectivity index (χ4n) is 2.68. The smallest absolute Gasteiger partial charge is 0.0328 e. The van der Waals surface area contributed by atoms with E-state index in [9.17, 15) is 0 Å². The van der Waals surface area contributed by atoms with Crippen LogP contribution in [0.3, 0.4) is 0 Å². The van der Waals surface area contributed by atoms with Crippen LogP contribution in [-0.4, -0.2) is 6.04 Å². The number of benzene rings is 2. The SMILES string of the molecule is CC#CCCC(NN)C(c1ccccc1)c1ccccc1. The zero-order valence-corrected chi connectivity index (χ0v) is 12.4. The third-order valence-corrected chi connectivity index (χ3v) is 3.69. The maximum absolute atomic E-state index is 5.83. The third-order valence-electron chi connectivity index (χ3n) is 3.69. The molecule has 0 saturated heterocycles. The highest BCUT2D eigenvalue weighted by Crippen LogP contribution is 2.29. The van der Waals surface area contributed by atoms with Crippen molar-refractivity contribution in [2.75, 3.05) is 0 Å². The van der Waals surface area contributed by atoms with Crippen molar-refractivity contribution in [1.82, 2.24) is 5.43 Å². The molecule has 0 fully saturated rings. The monoisotopic (exact) mass is 278 g/mol. The summed E-state index contributed by atoms with van der Waals surface area (Å²) in [5, 5.41) is 0. The first-order chi connectivity index (χ1) is 10.4. The molecular formula is C19H22N2. The van der Waals surface area contributed by atoms with Crippen molar-refractivity contribution in [3.05, 3.63) is 71.8 Å². The van der Waals surface area contributed by atoms with Gasteiger partial charge < -0.3 is 0 Å². The summed E-state index contributed by atoms with van der Waals surface area (Å²) in [5.41, 5.74) is 5.54. The van der Waals surface area contributed by atoms with Crippen molar-refractivity contribution >= 4 is 0 Å². The fraction of sp³-hybridized carbons (Fsp3) is 0.263. The second kappa shape index (κ2) is 8.26. The molecule has 1 atom stereocenters. The van der Waals surface area contributed by atoms with E-state index in [2.05, 4.69) is 65.8 Å². The highest BCUT2D eigenvalue weighted by Gasteiger charge is 2.23. The topological polar surface area (TPSA) is 38.0 Å². The summed E-state index contributed by atoms with van der Waals surface area (Å²) in [4.78, 5) is 0. The Labute approximate surface area is 127 Å². The van der Waals surface area contributed by atoms with Crippen LogP contribution in [0.25, 0.3) is 0 Å². The Hall–Kier alpha value is -2.08. The second-order valence-corrected chi connectivity index (χ2v) is 5.04. The van der Waals surface area contributed by atoms with Crippen molar-refractivity contribution < 1.29 is 0 Å². The zero-order chi connectivity index (χ0) is 14.9. The van der Waals surface area contributed by atoms with Crippen LogP contribution in [0.4, 0.5) is 0 Å². The van der Waals surface area contributed by atoms with Gasteiger partial charge in [-0.15, -0.1) is 11.8 Å². The van der Waals surface area contributed by atoms with E-state index in [1.54, 1.807) is 0 Å². The molecule has 2 rings (SSSR count). The highest BCUT2D eigenvalue weighted by atomic mass is 15.2. The molecule has 1 unspecified atom stereocenters. The lowest BCUT2D eigenvalue weighted by Gasteiger charge is -2.27. The molecule has 2 nitrogen and oxygen atoms in total. The Morgan fingerprint density at radius 2 is 1.48 bits per heavy atom. The van der Waals surface area contributed by atoms with Crippen LogP contribution in [0, 0.1) is 11.8 Å². The summed E-state index contributed by atoms with van der Waals surface area (Å²) in [6.45, 7) is 1.87. The Bertz CT molecular complexity index is 542. The maximum Gasteiger partial charge on any atom is 0.0328 e. The molecule has 0 aliphatic heterocycles. The Balaban J connectivity index is 2.32. The summed E-state index contributed by atoms with van der Waals surface area (Å²) >= 11 is 0. The van der Waals surface area contributed by atoms with Crippen molar-refractivity contribution in [3.8, 4) is 11.8 Å². The number of nitrogens with two attached hydrogens (primary N) is 1. The Morgan fingerprint density at radius 1 is 0.952 bits per heavy atom. The van der Waals surface area contributed by atoms with Gasteiger partial charge in [-0.1, -0.05) is 60.7 Å². The Morgan fingerprint density at radius 3 is 1.90 bits per heavy atom. The van der Waals surface area contributed by atoms with Crippen LogP contribution < -0.4 is 11.3 Å². The molecule has 0 heterocycles. The molecule has 3 N–H and O–H groups in total. The van der Waals surface area contributed by atoms with Crippen LogP contribution in [0.5, 0.6) is 0 Å². The maximum atomic E-state index is 5.83. The van der Waals surface area contributed by atoms with Gasteiger partial charge in [-0.3, -0.25) is 11.3 Å². The molecule has 2 aromatic rings. The largest absolute Gasteiger partial charge is 0.271 e. The van der Waals surface area contributed by atoms with Gasteiger partial charge in [-0.2, -0.15) is 0 Å². The van der Waals surface area contributed by atoms with E-state index in [1.165, 1.54) is 11.1 Å². The van der Waals surface area contributed by atoms with Gasteiger partial charge in [0.25, 0.3) is 0 Å². The molecule has 2 aromatic carbocycles. The normalized spacial score (nSPS) is 11.8. The highest BCUT2D eigenvalue weighted by molar-refractivity contribution is 5.34. The molecule has 0 spiro atoms. The third kappa shape index (κ3) is 4.19. The summed E-state index contributed by atoms with van der Waals surface area (Å²) in [7, 11) is 0. The van der Waals surface area contributed by atoms with Gasteiger partial charge >= 0.3 is 0 Å². The quantitative estimate of drug-likeness (QED) is 0.482. The van der Waals surface area contributed by atoms with Gasteiger partial charge in [0.15, 0.2) is 0 Å². The lowest BCUT2D eigenvalue weighted by atomic mass is 9.83.